The van der Waals surface area contributed by atoms with Crippen LogP contribution >= 0.6 is 0 Å². The van der Waals surface area contributed by atoms with E-state index in [2.05, 4.69) is 45.7 Å². The zero-order valence-corrected chi connectivity index (χ0v) is 30.4. The number of hydrogen-bond donors (Lipinski definition) is 1. The van der Waals surface area contributed by atoms with Gasteiger partial charge in [0, 0.05) is 30.5 Å². The van der Waals surface area contributed by atoms with Crippen LogP contribution < -0.4 is 9.33 Å². The number of nitrogens with zero attached hydrogens (tertiary/aromatic N) is 1. The normalized spacial score (nSPS) is 26.3. The van der Waals surface area contributed by atoms with Crippen LogP contribution in [0.25, 0.3) is 0 Å². The number of benzene rings is 1. The second-order valence-corrected chi connectivity index (χ2v) is 19.7. The van der Waals surface area contributed by atoms with Gasteiger partial charge in [0.05, 0.1) is 5.69 Å². The Labute approximate surface area is 270 Å². The lowest BCUT2D eigenvalue weighted by molar-refractivity contribution is -0.152. The fraction of sp³-hybridized carbons (Fsp3) is 0.657. The van der Waals surface area contributed by atoms with Crippen molar-refractivity contribution < 1.29 is 38.1 Å². The molecule has 3 rings (SSSR count). The van der Waals surface area contributed by atoms with E-state index in [4.69, 9.17) is 23.4 Å². The summed E-state index contributed by atoms with van der Waals surface area (Å²) in [5, 5.41) is 10.8. The Bertz CT molecular complexity index is 1340. The third kappa shape index (κ3) is 9.13. The summed E-state index contributed by atoms with van der Waals surface area (Å²) in [7, 11) is -2.49. The van der Waals surface area contributed by atoms with Crippen molar-refractivity contribution in [3.8, 4) is 17.6 Å². The molecule has 2 aliphatic rings. The highest BCUT2D eigenvalue weighted by Gasteiger charge is 2.44. The van der Waals surface area contributed by atoms with Crippen LogP contribution in [0.5, 0.6) is 5.75 Å². The van der Waals surface area contributed by atoms with Crippen molar-refractivity contribution in [2.45, 2.75) is 137 Å². The topological polar surface area (TPSA) is 104 Å². The molecule has 0 radical (unpaired) electrons. The number of cyclic esters (lactones) is 1. The van der Waals surface area contributed by atoms with Gasteiger partial charge >= 0.3 is 12.1 Å². The number of aliphatic hydroxyl groups excluding tert-OH is 1. The molecule has 250 valence electrons. The van der Waals surface area contributed by atoms with Gasteiger partial charge in [-0.2, -0.15) is 0 Å². The van der Waals surface area contributed by atoms with Gasteiger partial charge < -0.3 is 28.5 Å². The molecule has 1 aromatic rings. The van der Waals surface area contributed by atoms with Crippen molar-refractivity contribution in [2.75, 3.05) is 11.4 Å². The smallest absolute Gasteiger partial charge is 0.414 e. The molecule has 0 unspecified atom stereocenters. The molecule has 2 heterocycles. The molecule has 2 aliphatic heterocycles. The van der Waals surface area contributed by atoms with Gasteiger partial charge in [0.25, 0.3) is 8.32 Å². The largest absolute Gasteiger partial charge is 0.543 e. The highest BCUT2D eigenvalue weighted by atomic mass is 28.4. The summed E-state index contributed by atoms with van der Waals surface area (Å²) in [5.74, 6) is 4.94. The Morgan fingerprint density at radius 3 is 2.33 bits per heavy atom. The number of fused-ring (bicyclic) bond motifs is 2. The van der Waals surface area contributed by atoms with Gasteiger partial charge in [-0.05, 0) is 72.7 Å². The number of carbonyl (C=O) groups is 2. The van der Waals surface area contributed by atoms with Crippen LogP contribution in [-0.2, 0) is 18.9 Å². The van der Waals surface area contributed by atoms with E-state index in [0.717, 1.165) is 0 Å². The van der Waals surface area contributed by atoms with Crippen LogP contribution in [0.15, 0.2) is 24.3 Å². The minimum absolute atomic E-state index is 0.183. The molecular formula is C35H53NO8Si. The van der Waals surface area contributed by atoms with Crippen molar-refractivity contribution in [3.05, 3.63) is 35.4 Å². The summed E-state index contributed by atoms with van der Waals surface area (Å²) in [6.07, 6.45) is 0.564. The van der Waals surface area contributed by atoms with Crippen molar-refractivity contribution >= 4 is 26.1 Å². The molecule has 0 aromatic heterocycles. The number of carbonyl (C=O) groups excluding carboxylic acids is 2. The Balaban J connectivity index is 2.28. The zero-order valence-electron chi connectivity index (χ0n) is 29.4. The number of rotatable bonds is 4. The lowest BCUT2D eigenvalue weighted by Gasteiger charge is -2.37. The van der Waals surface area contributed by atoms with Gasteiger partial charge in [0.1, 0.15) is 41.3 Å². The number of esters is 1. The van der Waals surface area contributed by atoms with E-state index in [9.17, 15) is 14.7 Å². The number of hydrogen-bond acceptors (Lipinski definition) is 8. The third-order valence-electron chi connectivity index (χ3n) is 8.43. The van der Waals surface area contributed by atoms with Crippen LogP contribution in [-0.4, -0.2) is 67.8 Å². The molecular weight excluding hydrogens is 590 g/mol. The highest BCUT2D eigenvalue weighted by molar-refractivity contribution is 6.74. The van der Waals surface area contributed by atoms with Crippen molar-refractivity contribution in [1.82, 2.24) is 0 Å². The second-order valence-electron chi connectivity index (χ2n) is 14.9. The lowest BCUT2D eigenvalue weighted by Crippen LogP contribution is -2.44. The fourth-order valence-corrected chi connectivity index (χ4v) is 5.77. The van der Waals surface area contributed by atoms with Gasteiger partial charge in [-0.1, -0.05) is 51.7 Å². The predicted octanol–water partition coefficient (Wildman–Crippen LogP) is 7.21. The molecule has 1 saturated heterocycles. The Kier molecular flexibility index (Phi) is 11.0. The first-order chi connectivity index (χ1) is 20.5. The molecule has 9 nitrogen and oxygen atoms in total. The molecule has 0 saturated carbocycles. The van der Waals surface area contributed by atoms with E-state index < -0.39 is 56.2 Å². The maximum atomic E-state index is 14.0. The average Bonchev–Trinajstić information content (AvgIpc) is 3.19. The maximum Gasteiger partial charge on any atom is 0.414 e. The number of aliphatic hydroxyl groups is 1. The molecule has 1 aromatic carbocycles. The molecule has 10 heteroatoms. The summed E-state index contributed by atoms with van der Waals surface area (Å²) in [4.78, 5) is 28.8. The van der Waals surface area contributed by atoms with E-state index in [1.54, 1.807) is 32.1 Å². The van der Waals surface area contributed by atoms with Gasteiger partial charge in [-0.15, -0.1) is 0 Å². The third-order valence-corrected chi connectivity index (χ3v) is 12.8. The average molecular weight is 644 g/mol. The molecule has 0 spiro atoms. The molecule has 45 heavy (non-hydrogen) atoms. The first-order valence-electron chi connectivity index (χ1n) is 15.8. The maximum absolute atomic E-state index is 14.0. The van der Waals surface area contributed by atoms with E-state index >= 15 is 0 Å². The van der Waals surface area contributed by atoms with Crippen molar-refractivity contribution in [1.29, 1.82) is 0 Å². The molecule has 0 aliphatic carbocycles. The van der Waals surface area contributed by atoms with Crippen LogP contribution in [0.2, 0.25) is 18.1 Å². The van der Waals surface area contributed by atoms with E-state index in [-0.39, 0.29) is 22.9 Å². The Morgan fingerprint density at radius 2 is 1.76 bits per heavy atom. The molecule has 5 atom stereocenters. The van der Waals surface area contributed by atoms with Crippen molar-refractivity contribution in [2.24, 2.45) is 5.92 Å². The van der Waals surface area contributed by atoms with Crippen molar-refractivity contribution in [3.63, 3.8) is 0 Å². The highest BCUT2D eigenvalue weighted by Crippen LogP contribution is 2.41. The first kappa shape index (κ1) is 36.6. The Hall–Kier alpha value is -2.84. The van der Waals surface area contributed by atoms with Crippen LogP contribution in [0.4, 0.5) is 10.5 Å². The number of ether oxygens (including phenoxy) is 4. The molecule has 1 fully saturated rings. The summed E-state index contributed by atoms with van der Waals surface area (Å²) >= 11 is 0. The van der Waals surface area contributed by atoms with Gasteiger partial charge in [-0.3, -0.25) is 4.90 Å². The van der Waals surface area contributed by atoms with Gasteiger partial charge in [0.2, 0.25) is 0 Å². The molecule has 1 N–H and O–H groups in total. The van der Waals surface area contributed by atoms with E-state index in [0.29, 0.717) is 23.5 Å². The Morgan fingerprint density at radius 1 is 1.11 bits per heavy atom. The lowest BCUT2D eigenvalue weighted by atomic mass is 9.99. The number of anilines is 1. The monoisotopic (exact) mass is 643 g/mol. The fourth-order valence-electron chi connectivity index (χ4n) is 4.76. The SMILES string of the molecule is CCN(C(=O)OC(C)(C)C)c1cc2c(c(O[Si](C)(C)C(C)(C)C)c1)C(=O)O[C@@H](C)[C@H](C)/C=C\[C@@H](O)[C@H]1OC(C)(C)O[C@H]1CC#C2. The van der Waals surface area contributed by atoms with Gasteiger partial charge in [-0.25, -0.2) is 9.59 Å². The quantitative estimate of drug-likeness (QED) is 0.159. The zero-order chi connectivity index (χ0) is 34.1. The summed E-state index contributed by atoms with van der Waals surface area (Å²) < 4.78 is 30.7. The minimum atomic E-state index is -2.49. The predicted molar refractivity (Wildman–Crippen MR) is 178 cm³/mol. The summed E-state index contributed by atoms with van der Waals surface area (Å²) in [5.41, 5.74) is 0.344. The summed E-state index contributed by atoms with van der Waals surface area (Å²) in [6, 6.07) is 3.42. The van der Waals surface area contributed by atoms with Crippen LogP contribution in [0.3, 0.4) is 0 Å². The standard InChI is InChI=1S/C35H53NO8Si/c1-14-36(32(39)43-33(4,5)6)25-20-24-16-15-17-27-30(42-35(10,11)41-27)26(37)19-18-22(2)23(3)40-31(38)29(24)28(21-25)44-45(12,13)34(7,8)9/h18-23,26-27,30,37H,14,17H2,1-13H3/b19-18-/t22-,23+,26-,27+,30-/m1/s1. The van der Waals surface area contributed by atoms with Gasteiger partial charge in [0.15, 0.2) is 5.79 Å². The number of amides is 1. The van der Waals surface area contributed by atoms with Crippen LogP contribution in [0, 0.1) is 17.8 Å². The van der Waals surface area contributed by atoms with E-state index in [1.807, 2.05) is 47.6 Å². The van der Waals surface area contributed by atoms with Crippen LogP contribution in [0.1, 0.15) is 98.5 Å². The molecule has 0 bridgehead atoms. The second kappa shape index (κ2) is 13.5. The summed E-state index contributed by atoms with van der Waals surface area (Å²) in [6.45, 7) is 25.5. The first-order valence-corrected chi connectivity index (χ1v) is 18.8. The molecule has 1 amide bonds. The minimum Gasteiger partial charge on any atom is -0.543 e. The van der Waals surface area contributed by atoms with E-state index in [1.165, 1.54) is 4.90 Å².